The summed E-state index contributed by atoms with van der Waals surface area (Å²) in [4.78, 5) is 41.8. The number of nitrogens with two attached hydrogens (primary N) is 2. The van der Waals surface area contributed by atoms with Crippen molar-refractivity contribution < 1.29 is 19.1 Å². The van der Waals surface area contributed by atoms with E-state index in [1.807, 2.05) is 54.6 Å². The summed E-state index contributed by atoms with van der Waals surface area (Å²) >= 11 is 0. The maximum atomic E-state index is 13.9. The minimum absolute atomic E-state index is 0.0198. The largest absolute Gasteiger partial charge is 0.497 e. The van der Waals surface area contributed by atoms with Crippen molar-refractivity contribution in [2.24, 2.45) is 17.4 Å². The number of amides is 3. The van der Waals surface area contributed by atoms with Gasteiger partial charge in [-0.25, -0.2) is 0 Å². The molecule has 6 N–H and O–H groups in total. The number of carbonyl (C=O) groups excluding carboxylic acids is 3. The average molecular weight is 552 g/mol. The standard InChI is InChI=1S/C30H40N4O4.CH5N/c1-38-25-13-7-22(8-14-25)18-20-32-29(36)26-15-12-24-11-10-23(17-19-31)28(30(37)34(24)26)33-27(35)16-9-21-5-3-2-4-6-21;1-2/h2-8,13-14,23-24,26,28H,9-12,15-20,31H2,1H3,(H,32,36)(H,33,35);2H2,1H3. The number of carbonyl (C=O) groups is 3. The van der Waals surface area contributed by atoms with Crippen LogP contribution in [0.25, 0.3) is 0 Å². The molecule has 0 aromatic heterocycles. The maximum Gasteiger partial charge on any atom is 0.246 e. The van der Waals surface area contributed by atoms with Crippen molar-refractivity contribution in [3.05, 3.63) is 65.7 Å². The van der Waals surface area contributed by atoms with E-state index in [4.69, 9.17) is 10.5 Å². The number of hydrogen-bond acceptors (Lipinski definition) is 6. The smallest absolute Gasteiger partial charge is 0.246 e. The third-order valence-electron chi connectivity index (χ3n) is 7.88. The molecule has 2 aromatic carbocycles. The zero-order valence-corrected chi connectivity index (χ0v) is 23.8. The summed E-state index contributed by atoms with van der Waals surface area (Å²) in [6.45, 7) is 0.943. The third-order valence-corrected chi connectivity index (χ3v) is 7.88. The van der Waals surface area contributed by atoms with Gasteiger partial charge in [0.05, 0.1) is 7.11 Å². The Labute approximate surface area is 238 Å². The van der Waals surface area contributed by atoms with Crippen LogP contribution in [0.1, 0.15) is 49.7 Å². The Balaban J connectivity index is 0.00000216. The van der Waals surface area contributed by atoms with Crippen molar-refractivity contribution in [1.29, 1.82) is 0 Å². The Morgan fingerprint density at radius 1 is 0.950 bits per heavy atom. The molecular weight excluding hydrogens is 506 g/mol. The summed E-state index contributed by atoms with van der Waals surface area (Å²) in [6.07, 6.45) is 5.34. The van der Waals surface area contributed by atoms with Crippen LogP contribution in [0.4, 0.5) is 0 Å². The van der Waals surface area contributed by atoms with Crippen LogP contribution < -0.4 is 26.8 Å². The number of hydrogen-bond donors (Lipinski definition) is 4. The number of benzene rings is 2. The van der Waals surface area contributed by atoms with Crippen molar-refractivity contribution in [2.45, 2.75) is 69.5 Å². The molecule has 9 nitrogen and oxygen atoms in total. The van der Waals surface area contributed by atoms with Gasteiger partial charge in [0.2, 0.25) is 17.7 Å². The molecule has 40 heavy (non-hydrogen) atoms. The Morgan fingerprint density at radius 2 is 1.62 bits per heavy atom. The van der Waals surface area contributed by atoms with E-state index in [1.165, 1.54) is 7.05 Å². The monoisotopic (exact) mass is 551 g/mol. The van der Waals surface area contributed by atoms with Crippen LogP contribution in [0.3, 0.4) is 0 Å². The molecule has 2 fully saturated rings. The highest BCUT2D eigenvalue weighted by Crippen LogP contribution is 2.35. The Morgan fingerprint density at radius 3 is 2.30 bits per heavy atom. The van der Waals surface area contributed by atoms with Crippen LogP contribution in [0, 0.1) is 5.92 Å². The minimum Gasteiger partial charge on any atom is -0.497 e. The SMILES string of the molecule is CN.COc1ccc(CCNC(=O)C2CCC3CCC(CCN)C(NC(=O)CCc4ccccc4)C(=O)N32)cc1. The highest BCUT2D eigenvalue weighted by Gasteiger charge is 2.47. The van der Waals surface area contributed by atoms with Gasteiger partial charge < -0.3 is 31.7 Å². The van der Waals surface area contributed by atoms with Gasteiger partial charge in [0.15, 0.2) is 0 Å². The normalized spacial score (nSPS) is 21.9. The summed E-state index contributed by atoms with van der Waals surface area (Å²) in [5.41, 5.74) is 12.6. The quantitative estimate of drug-likeness (QED) is 0.338. The van der Waals surface area contributed by atoms with Crippen molar-refractivity contribution in [2.75, 3.05) is 27.2 Å². The maximum absolute atomic E-state index is 13.9. The molecule has 4 atom stereocenters. The second kappa shape index (κ2) is 16.0. The van der Waals surface area contributed by atoms with Crippen LogP contribution in [0.15, 0.2) is 54.6 Å². The van der Waals surface area contributed by atoms with Crippen molar-refractivity contribution in [3.63, 3.8) is 0 Å². The second-order valence-corrected chi connectivity index (χ2v) is 10.3. The fourth-order valence-electron chi connectivity index (χ4n) is 5.79. The topological polar surface area (TPSA) is 140 Å². The fourth-order valence-corrected chi connectivity index (χ4v) is 5.79. The number of methoxy groups -OCH3 is 1. The fraction of sp³-hybridized carbons (Fsp3) is 0.516. The van der Waals surface area contributed by atoms with E-state index in [0.717, 1.165) is 36.1 Å². The molecule has 0 bridgehead atoms. The number of fused-ring (bicyclic) bond motifs is 1. The van der Waals surface area contributed by atoms with Crippen LogP contribution in [-0.4, -0.2) is 68.0 Å². The third kappa shape index (κ3) is 8.29. The van der Waals surface area contributed by atoms with Crippen LogP contribution in [0.5, 0.6) is 5.75 Å². The summed E-state index contributed by atoms with van der Waals surface area (Å²) in [6, 6.07) is 16.5. The molecule has 3 amide bonds. The summed E-state index contributed by atoms with van der Waals surface area (Å²) < 4.78 is 5.20. The zero-order valence-electron chi connectivity index (χ0n) is 23.8. The van der Waals surface area contributed by atoms with Gasteiger partial charge in [0.1, 0.15) is 17.8 Å². The van der Waals surface area contributed by atoms with Crippen molar-refractivity contribution in [3.8, 4) is 5.75 Å². The highest BCUT2D eigenvalue weighted by molar-refractivity contribution is 5.93. The lowest BCUT2D eigenvalue weighted by Gasteiger charge is -2.32. The van der Waals surface area contributed by atoms with E-state index in [2.05, 4.69) is 16.4 Å². The summed E-state index contributed by atoms with van der Waals surface area (Å²) in [7, 11) is 3.13. The molecule has 2 aliphatic heterocycles. The first-order chi connectivity index (χ1) is 19.5. The summed E-state index contributed by atoms with van der Waals surface area (Å²) in [5.74, 6) is 0.349. The molecule has 2 saturated heterocycles. The zero-order chi connectivity index (χ0) is 28.9. The lowest BCUT2D eigenvalue weighted by molar-refractivity contribution is -0.143. The molecule has 0 radical (unpaired) electrons. The predicted octanol–water partition coefficient (Wildman–Crippen LogP) is 2.16. The predicted molar refractivity (Wildman–Crippen MR) is 157 cm³/mol. The van der Waals surface area contributed by atoms with Gasteiger partial charge in [0.25, 0.3) is 0 Å². The molecule has 0 saturated carbocycles. The van der Waals surface area contributed by atoms with E-state index in [0.29, 0.717) is 45.2 Å². The van der Waals surface area contributed by atoms with Crippen LogP contribution in [0.2, 0.25) is 0 Å². The Hall–Kier alpha value is -3.43. The molecule has 218 valence electrons. The molecule has 4 unspecified atom stereocenters. The van der Waals surface area contributed by atoms with Gasteiger partial charge in [-0.05, 0) is 87.7 Å². The van der Waals surface area contributed by atoms with Gasteiger partial charge in [-0.3, -0.25) is 14.4 Å². The van der Waals surface area contributed by atoms with Crippen LogP contribution in [-0.2, 0) is 27.2 Å². The molecule has 0 spiro atoms. The van der Waals surface area contributed by atoms with E-state index in [-0.39, 0.29) is 29.7 Å². The lowest BCUT2D eigenvalue weighted by atomic mass is 9.90. The molecular formula is C31H45N5O4. The molecule has 2 aliphatic rings. The average Bonchev–Trinajstić information content (AvgIpc) is 3.38. The van der Waals surface area contributed by atoms with Gasteiger partial charge in [-0.2, -0.15) is 0 Å². The van der Waals surface area contributed by atoms with Crippen molar-refractivity contribution >= 4 is 17.7 Å². The lowest BCUT2D eigenvalue weighted by Crippen LogP contribution is -2.56. The van der Waals surface area contributed by atoms with E-state index >= 15 is 0 Å². The minimum atomic E-state index is -0.653. The first-order valence-electron chi connectivity index (χ1n) is 14.3. The van der Waals surface area contributed by atoms with Gasteiger partial charge in [-0.15, -0.1) is 0 Å². The molecule has 9 heteroatoms. The van der Waals surface area contributed by atoms with E-state index in [9.17, 15) is 14.4 Å². The molecule has 0 aliphatic carbocycles. The van der Waals surface area contributed by atoms with E-state index < -0.39 is 12.1 Å². The Bertz CT molecular complexity index is 1080. The van der Waals surface area contributed by atoms with Crippen molar-refractivity contribution in [1.82, 2.24) is 15.5 Å². The number of nitrogens with zero attached hydrogens (tertiary/aromatic N) is 1. The highest BCUT2D eigenvalue weighted by atomic mass is 16.5. The second-order valence-electron chi connectivity index (χ2n) is 10.3. The Kier molecular flexibility index (Phi) is 12.4. The number of nitrogens with one attached hydrogen (secondary N) is 2. The van der Waals surface area contributed by atoms with E-state index in [1.54, 1.807) is 12.0 Å². The first-order valence-corrected chi connectivity index (χ1v) is 14.3. The molecule has 2 aromatic rings. The number of aryl methyl sites for hydroxylation is 1. The first kappa shape index (κ1) is 31.1. The molecule has 4 rings (SSSR count). The van der Waals surface area contributed by atoms with Gasteiger partial charge in [0, 0.05) is 19.0 Å². The van der Waals surface area contributed by atoms with Gasteiger partial charge in [-0.1, -0.05) is 42.5 Å². The van der Waals surface area contributed by atoms with Gasteiger partial charge >= 0.3 is 0 Å². The number of ether oxygens (including phenoxy) is 1. The summed E-state index contributed by atoms with van der Waals surface area (Å²) in [5, 5.41) is 6.07. The molecule has 2 heterocycles. The number of rotatable bonds is 11. The van der Waals surface area contributed by atoms with Crippen LogP contribution >= 0.6 is 0 Å².